The van der Waals surface area contributed by atoms with Crippen LogP contribution in [0.3, 0.4) is 0 Å². The van der Waals surface area contributed by atoms with Gasteiger partial charge in [-0.05, 0) is 19.9 Å². The van der Waals surface area contributed by atoms with Crippen LogP contribution in [0.15, 0.2) is 42.2 Å². The van der Waals surface area contributed by atoms with Gasteiger partial charge in [0.25, 0.3) is 11.7 Å². The largest absolute Gasteiger partial charge is 0.507 e. The summed E-state index contributed by atoms with van der Waals surface area (Å²) in [5.74, 6) is -8.61. The second-order valence-corrected chi connectivity index (χ2v) is 12.6. The van der Waals surface area contributed by atoms with Gasteiger partial charge >= 0.3 is 11.9 Å². The van der Waals surface area contributed by atoms with Crippen molar-refractivity contribution in [2.75, 3.05) is 12.4 Å². The standard InChI is InChI=1S/C34H44N4O12/c1-13-8-7-9-14(2)33(46)38-18-12-19(40)21-22(29(18)44)27(42)15(3)30-23(21)32(45)34(37,50-30)48-11-10-20(47-6)24(35)31(49-17(5)39)16(4)28(43)25(36)26(13)41/h7-13,16,20,24-26,28,31,40-44H,35-37H2,1-6H3,(H,38,46)/b8-7+,11-10+,14-9-/t13-,16+,20-,24+,25+,26-,28-,31-,34+/m0/s1. The molecular weight excluding hydrogens is 656 g/mol. The number of Topliss-reactive ketones (excluding diaryl/α,β-unsaturated/α-hetero) is 1. The van der Waals surface area contributed by atoms with Gasteiger partial charge in [-0.25, -0.2) is 0 Å². The molecule has 0 saturated heterocycles. The highest BCUT2D eigenvalue weighted by Crippen LogP contribution is 2.53. The number of rotatable bonds is 2. The van der Waals surface area contributed by atoms with Crippen molar-refractivity contribution in [2.45, 2.75) is 77.0 Å². The first-order valence-corrected chi connectivity index (χ1v) is 15.7. The molecule has 50 heavy (non-hydrogen) atoms. The molecule has 0 fully saturated rings. The molecule has 2 aromatic rings. The van der Waals surface area contributed by atoms with Gasteiger partial charge in [-0.15, -0.1) is 0 Å². The number of phenols is 3. The van der Waals surface area contributed by atoms with Crippen molar-refractivity contribution in [3.63, 3.8) is 0 Å². The van der Waals surface area contributed by atoms with E-state index < -0.39 is 89.2 Å². The quantitative estimate of drug-likeness (QED) is 0.120. The lowest BCUT2D eigenvalue weighted by Crippen LogP contribution is -2.57. The van der Waals surface area contributed by atoms with Crippen LogP contribution in [0.4, 0.5) is 5.69 Å². The number of nitrogens with two attached hydrogens (primary N) is 3. The fraction of sp³-hybridized carbons (Fsp3) is 0.441. The van der Waals surface area contributed by atoms with Crippen LogP contribution in [0.1, 0.15) is 43.6 Å². The number of esters is 1. The minimum Gasteiger partial charge on any atom is -0.507 e. The van der Waals surface area contributed by atoms with E-state index in [1.54, 1.807) is 13.0 Å². The lowest BCUT2D eigenvalue weighted by molar-refractivity contribution is -0.155. The third-order valence-corrected chi connectivity index (χ3v) is 9.08. The zero-order chi connectivity index (χ0) is 37.4. The Bertz CT molecular complexity index is 1770. The number of hydrogen-bond acceptors (Lipinski definition) is 15. The number of aliphatic hydroxyl groups is 2. The molecule has 3 aliphatic heterocycles. The van der Waals surface area contributed by atoms with Gasteiger partial charge in [-0.1, -0.05) is 32.1 Å². The fourth-order valence-electron chi connectivity index (χ4n) is 6.01. The number of phenolic OH excluding ortho intramolecular Hbond substituents is 3. The molecular formula is C34H44N4O12. The van der Waals surface area contributed by atoms with Gasteiger partial charge < -0.3 is 61.3 Å². The molecule has 0 aliphatic carbocycles. The highest BCUT2D eigenvalue weighted by molar-refractivity contribution is 6.21. The molecule has 5 rings (SSSR count). The second-order valence-electron chi connectivity index (χ2n) is 12.6. The Morgan fingerprint density at radius 2 is 1.66 bits per heavy atom. The van der Waals surface area contributed by atoms with Crippen LogP contribution in [0.2, 0.25) is 0 Å². The van der Waals surface area contributed by atoms with Gasteiger partial charge in [0.1, 0.15) is 23.4 Å². The van der Waals surface area contributed by atoms with Crippen molar-refractivity contribution in [1.29, 1.82) is 0 Å². The van der Waals surface area contributed by atoms with E-state index >= 15 is 0 Å². The monoisotopic (exact) mass is 700 g/mol. The first-order valence-electron chi connectivity index (χ1n) is 15.7. The number of allylic oxidation sites excluding steroid dienone is 2. The molecule has 0 saturated carbocycles. The average molecular weight is 701 g/mol. The summed E-state index contributed by atoms with van der Waals surface area (Å²) >= 11 is 0. The van der Waals surface area contributed by atoms with E-state index in [9.17, 15) is 39.9 Å². The minimum atomic E-state index is -2.54. The zero-order valence-corrected chi connectivity index (χ0v) is 28.4. The number of aromatic hydroxyl groups is 3. The Morgan fingerprint density at radius 1 is 1.00 bits per heavy atom. The molecule has 272 valence electrons. The molecule has 0 unspecified atom stereocenters. The van der Waals surface area contributed by atoms with Gasteiger partial charge in [0.2, 0.25) is 0 Å². The number of ether oxygens (including phenoxy) is 4. The maximum absolute atomic E-state index is 13.8. The lowest BCUT2D eigenvalue weighted by Gasteiger charge is -2.37. The molecule has 0 radical (unpaired) electrons. The molecule has 16 nitrogen and oxygen atoms in total. The summed E-state index contributed by atoms with van der Waals surface area (Å²) in [4.78, 5) is 38.9. The van der Waals surface area contributed by atoms with Crippen LogP contribution in [0.25, 0.3) is 10.8 Å². The number of ketones is 1. The second kappa shape index (κ2) is 14.6. The zero-order valence-electron chi connectivity index (χ0n) is 28.4. The molecule has 16 heteroatoms. The first-order chi connectivity index (χ1) is 23.4. The number of nitrogens with one attached hydrogen (secondary N) is 1. The summed E-state index contributed by atoms with van der Waals surface area (Å²) in [7, 11) is 1.30. The van der Waals surface area contributed by atoms with Crippen LogP contribution in [-0.2, 0) is 23.8 Å². The van der Waals surface area contributed by atoms with E-state index in [1.165, 1.54) is 46.1 Å². The van der Waals surface area contributed by atoms with Crippen LogP contribution < -0.4 is 27.3 Å². The number of benzene rings is 2. The van der Waals surface area contributed by atoms with Crippen molar-refractivity contribution >= 4 is 34.1 Å². The minimum absolute atomic E-state index is 0.0336. The summed E-state index contributed by atoms with van der Waals surface area (Å²) in [6.07, 6.45) is 1.63. The molecule has 1 amide bonds. The van der Waals surface area contributed by atoms with Crippen molar-refractivity contribution in [1.82, 2.24) is 0 Å². The number of anilines is 1. The van der Waals surface area contributed by atoms with Gasteiger partial charge in [-0.3, -0.25) is 20.1 Å². The fourth-order valence-corrected chi connectivity index (χ4v) is 6.01. The van der Waals surface area contributed by atoms with Gasteiger partial charge in [0.05, 0.1) is 53.3 Å². The van der Waals surface area contributed by atoms with Crippen molar-refractivity contribution < 1.29 is 58.9 Å². The van der Waals surface area contributed by atoms with Crippen molar-refractivity contribution in [2.24, 2.45) is 29.0 Å². The van der Waals surface area contributed by atoms with E-state index in [-0.39, 0.29) is 38.9 Å². The maximum atomic E-state index is 13.8. The number of carbonyl (C=O) groups is 3. The average Bonchev–Trinajstić information content (AvgIpc) is 3.33. The molecule has 0 aromatic heterocycles. The summed E-state index contributed by atoms with van der Waals surface area (Å²) in [6.45, 7) is 7.16. The van der Waals surface area contributed by atoms with E-state index in [0.29, 0.717) is 0 Å². The van der Waals surface area contributed by atoms with Gasteiger partial charge in [0, 0.05) is 48.5 Å². The normalized spacial score (nSPS) is 33.2. The van der Waals surface area contributed by atoms with Crippen molar-refractivity contribution in [3.8, 4) is 23.0 Å². The highest BCUT2D eigenvalue weighted by atomic mass is 16.7. The molecule has 5 bridgehead atoms. The maximum Gasteiger partial charge on any atom is 0.378 e. The predicted molar refractivity (Wildman–Crippen MR) is 180 cm³/mol. The van der Waals surface area contributed by atoms with Crippen LogP contribution in [-0.4, -0.2) is 92.7 Å². The Kier molecular flexibility index (Phi) is 11.2. The molecule has 9 atom stereocenters. The third kappa shape index (κ3) is 6.98. The number of aliphatic hydroxyl groups excluding tert-OH is 2. The summed E-state index contributed by atoms with van der Waals surface area (Å²) < 4.78 is 22.2. The molecule has 2 aromatic carbocycles. The smallest absolute Gasteiger partial charge is 0.378 e. The van der Waals surface area contributed by atoms with E-state index in [1.807, 2.05) is 0 Å². The number of carbonyl (C=O) groups excluding carboxylic acids is 3. The molecule has 3 heterocycles. The number of fused-ring (bicyclic) bond motifs is 14. The van der Waals surface area contributed by atoms with E-state index in [4.69, 9.17) is 36.1 Å². The first kappa shape index (κ1) is 38.1. The number of amides is 1. The topological polar surface area (TPSA) is 279 Å². The van der Waals surface area contributed by atoms with Crippen molar-refractivity contribution in [3.05, 3.63) is 53.3 Å². The Morgan fingerprint density at radius 3 is 2.28 bits per heavy atom. The Balaban J connectivity index is 1.87. The van der Waals surface area contributed by atoms with Gasteiger partial charge in [-0.2, -0.15) is 0 Å². The van der Waals surface area contributed by atoms with Gasteiger partial charge in [0.15, 0.2) is 5.75 Å². The van der Waals surface area contributed by atoms with E-state index in [2.05, 4.69) is 5.32 Å². The number of methoxy groups -OCH3 is 1. The van der Waals surface area contributed by atoms with Crippen LogP contribution in [0, 0.1) is 18.8 Å². The molecule has 0 spiro atoms. The SMILES string of the molecule is CO[C@H]1/C=C/O[C@@]2(N)Oc3c(C)c(O)c4c(O)c(cc(O)c4c3C2=O)NC(=O)/C(C)=C\C=C\[C@H](C)[C@H](O)[C@@H](N)[C@@H](O)[C@@H](C)[C@H](OC(C)=O)[C@@H]1N. The van der Waals surface area contributed by atoms with Crippen LogP contribution in [0.5, 0.6) is 23.0 Å². The molecule has 3 aliphatic rings. The summed E-state index contributed by atoms with van der Waals surface area (Å²) in [6, 6.07) is -1.42. The molecule has 12 N–H and O–H groups in total. The summed E-state index contributed by atoms with van der Waals surface area (Å²) in [5, 5.41) is 57.4. The highest BCUT2D eigenvalue weighted by Gasteiger charge is 2.50. The third-order valence-electron chi connectivity index (χ3n) is 9.08. The Hall–Kier alpha value is -4.71. The van der Waals surface area contributed by atoms with Crippen LogP contribution >= 0.6 is 0 Å². The van der Waals surface area contributed by atoms with E-state index in [0.717, 1.165) is 19.3 Å². The lowest BCUT2D eigenvalue weighted by atomic mass is 9.83. The summed E-state index contributed by atoms with van der Waals surface area (Å²) in [5.41, 5.74) is 18.5. The predicted octanol–water partition coefficient (Wildman–Crippen LogP) is 1.03. The number of hydrogen-bond donors (Lipinski definition) is 9. The Labute approximate surface area is 287 Å².